The summed E-state index contributed by atoms with van der Waals surface area (Å²) in [5, 5.41) is 5.23. The Hall–Kier alpha value is -3.26. The first-order valence-electron chi connectivity index (χ1n) is 11.8. The monoisotopic (exact) mass is 448 g/mol. The third kappa shape index (κ3) is 4.75. The highest BCUT2D eigenvalue weighted by atomic mass is 16.2. The standard InChI is InChI=1S/C25H32N6O2/c1-4-29(5-2)23(32)18-28-12-14-30(15-13-28)25(33)20-16-22(19-10-8-7-9-11-19)27-24-21(20)17-26-31(24)6-3/h7-11,16-17H,4-6,12-15,18H2,1-3H3. The molecular weight excluding hydrogens is 416 g/mol. The molecule has 3 aromatic rings. The van der Waals surface area contributed by atoms with Crippen LogP contribution in [0.2, 0.25) is 0 Å². The van der Waals surface area contributed by atoms with Gasteiger partial charge in [0.15, 0.2) is 5.65 Å². The van der Waals surface area contributed by atoms with Gasteiger partial charge in [-0.05, 0) is 26.8 Å². The van der Waals surface area contributed by atoms with E-state index in [-0.39, 0.29) is 11.8 Å². The SMILES string of the molecule is CCN(CC)C(=O)CN1CCN(C(=O)c2cc(-c3ccccc3)nc3c2cnn3CC)CC1. The zero-order chi connectivity index (χ0) is 23.4. The van der Waals surface area contributed by atoms with E-state index in [4.69, 9.17) is 4.98 Å². The molecule has 33 heavy (non-hydrogen) atoms. The highest BCUT2D eigenvalue weighted by Crippen LogP contribution is 2.26. The van der Waals surface area contributed by atoms with Crippen LogP contribution in [-0.2, 0) is 11.3 Å². The van der Waals surface area contributed by atoms with Crippen LogP contribution in [0.5, 0.6) is 0 Å². The Morgan fingerprint density at radius 3 is 2.33 bits per heavy atom. The van der Waals surface area contributed by atoms with Gasteiger partial charge >= 0.3 is 0 Å². The van der Waals surface area contributed by atoms with Crippen LogP contribution < -0.4 is 0 Å². The van der Waals surface area contributed by atoms with E-state index in [1.165, 1.54) is 0 Å². The van der Waals surface area contributed by atoms with E-state index in [1.807, 2.05) is 71.7 Å². The summed E-state index contributed by atoms with van der Waals surface area (Å²) in [6, 6.07) is 11.8. The van der Waals surface area contributed by atoms with Gasteiger partial charge < -0.3 is 9.80 Å². The molecule has 0 saturated carbocycles. The maximum Gasteiger partial charge on any atom is 0.254 e. The molecule has 0 atom stereocenters. The smallest absolute Gasteiger partial charge is 0.254 e. The lowest BCUT2D eigenvalue weighted by atomic mass is 10.1. The maximum absolute atomic E-state index is 13.6. The van der Waals surface area contributed by atoms with E-state index < -0.39 is 0 Å². The Labute approximate surface area is 194 Å². The van der Waals surface area contributed by atoms with Crippen molar-refractivity contribution in [3.63, 3.8) is 0 Å². The number of nitrogens with zero attached hydrogens (tertiary/aromatic N) is 6. The topological polar surface area (TPSA) is 74.6 Å². The van der Waals surface area contributed by atoms with Gasteiger partial charge in [0, 0.05) is 51.4 Å². The number of fused-ring (bicyclic) bond motifs is 1. The zero-order valence-electron chi connectivity index (χ0n) is 19.7. The first-order chi connectivity index (χ1) is 16.0. The quantitative estimate of drug-likeness (QED) is 0.556. The van der Waals surface area contributed by atoms with Gasteiger partial charge in [-0.3, -0.25) is 14.5 Å². The molecule has 0 N–H and O–H groups in total. The lowest BCUT2D eigenvalue weighted by Gasteiger charge is -2.35. The summed E-state index contributed by atoms with van der Waals surface area (Å²) in [6.45, 7) is 11.1. The molecular formula is C25H32N6O2. The van der Waals surface area contributed by atoms with E-state index in [9.17, 15) is 9.59 Å². The number of likely N-dealkylation sites (N-methyl/N-ethyl adjacent to an activating group) is 1. The number of aryl methyl sites for hydroxylation is 1. The molecule has 0 spiro atoms. The second-order valence-electron chi connectivity index (χ2n) is 8.25. The van der Waals surface area contributed by atoms with Gasteiger partial charge in [0.1, 0.15) is 0 Å². The highest BCUT2D eigenvalue weighted by Gasteiger charge is 2.26. The Morgan fingerprint density at radius 1 is 1.00 bits per heavy atom. The summed E-state index contributed by atoms with van der Waals surface area (Å²) in [5.74, 6) is 0.139. The Kier molecular flexibility index (Phi) is 7.03. The van der Waals surface area contributed by atoms with Crippen molar-refractivity contribution in [2.75, 3.05) is 45.8 Å². The second kappa shape index (κ2) is 10.1. The van der Waals surface area contributed by atoms with Crippen LogP contribution in [0, 0.1) is 0 Å². The predicted octanol–water partition coefficient (Wildman–Crippen LogP) is 2.74. The average Bonchev–Trinajstić information content (AvgIpc) is 3.28. The fourth-order valence-corrected chi connectivity index (χ4v) is 4.36. The lowest BCUT2D eigenvalue weighted by Crippen LogP contribution is -2.51. The number of benzene rings is 1. The summed E-state index contributed by atoms with van der Waals surface area (Å²) in [6.07, 6.45) is 1.74. The van der Waals surface area contributed by atoms with Gasteiger partial charge in [0.05, 0.1) is 29.4 Å². The number of aromatic nitrogens is 3. The second-order valence-corrected chi connectivity index (χ2v) is 8.25. The summed E-state index contributed by atoms with van der Waals surface area (Å²) in [7, 11) is 0. The minimum atomic E-state index is -0.00930. The molecule has 8 nitrogen and oxygen atoms in total. The molecule has 2 amide bonds. The van der Waals surface area contributed by atoms with Crippen molar-refractivity contribution in [1.82, 2.24) is 29.5 Å². The summed E-state index contributed by atoms with van der Waals surface area (Å²) in [5.41, 5.74) is 3.10. The van der Waals surface area contributed by atoms with E-state index in [1.54, 1.807) is 6.20 Å². The van der Waals surface area contributed by atoms with Gasteiger partial charge in [0.2, 0.25) is 5.91 Å². The Balaban J connectivity index is 1.55. The molecule has 0 aliphatic carbocycles. The van der Waals surface area contributed by atoms with Crippen molar-refractivity contribution in [3.8, 4) is 11.3 Å². The van der Waals surface area contributed by atoms with Gasteiger partial charge in [-0.15, -0.1) is 0 Å². The molecule has 2 aromatic heterocycles. The Bertz CT molecular complexity index is 1110. The molecule has 1 aliphatic heterocycles. The number of carbonyl (C=O) groups is 2. The van der Waals surface area contributed by atoms with Gasteiger partial charge in [-0.25, -0.2) is 9.67 Å². The molecule has 1 fully saturated rings. The van der Waals surface area contributed by atoms with Crippen LogP contribution in [0.25, 0.3) is 22.3 Å². The molecule has 1 saturated heterocycles. The van der Waals surface area contributed by atoms with Crippen molar-refractivity contribution in [1.29, 1.82) is 0 Å². The lowest BCUT2D eigenvalue weighted by molar-refractivity contribution is -0.132. The molecule has 3 heterocycles. The predicted molar refractivity (Wildman–Crippen MR) is 129 cm³/mol. The summed E-state index contributed by atoms with van der Waals surface area (Å²) >= 11 is 0. The number of hydrogen-bond donors (Lipinski definition) is 0. The van der Waals surface area contributed by atoms with Crippen LogP contribution in [0.1, 0.15) is 31.1 Å². The number of amides is 2. The normalized spacial score (nSPS) is 14.6. The first-order valence-corrected chi connectivity index (χ1v) is 11.8. The van der Waals surface area contributed by atoms with Crippen LogP contribution in [0.3, 0.4) is 0 Å². The molecule has 0 unspecified atom stereocenters. The number of hydrogen-bond acceptors (Lipinski definition) is 5. The minimum absolute atomic E-state index is 0.00930. The molecule has 4 rings (SSSR count). The number of pyridine rings is 1. The average molecular weight is 449 g/mol. The molecule has 174 valence electrons. The summed E-state index contributed by atoms with van der Waals surface area (Å²) in [4.78, 5) is 36.7. The van der Waals surface area contributed by atoms with Gasteiger partial charge in [-0.2, -0.15) is 5.10 Å². The van der Waals surface area contributed by atoms with E-state index in [2.05, 4.69) is 10.00 Å². The van der Waals surface area contributed by atoms with E-state index in [0.717, 1.165) is 35.4 Å². The van der Waals surface area contributed by atoms with Crippen LogP contribution >= 0.6 is 0 Å². The molecule has 1 aliphatic rings. The minimum Gasteiger partial charge on any atom is -0.342 e. The largest absolute Gasteiger partial charge is 0.342 e. The first kappa shape index (κ1) is 22.9. The van der Waals surface area contributed by atoms with Crippen LogP contribution in [0.4, 0.5) is 0 Å². The van der Waals surface area contributed by atoms with Crippen molar-refractivity contribution < 1.29 is 9.59 Å². The molecule has 0 bridgehead atoms. The fourth-order valence-electron chi connectivity index (χ4n) is 4.36. The zero-order valence-corrected chi connectivity index (χ0v) is 19.7. The molecule has 8 heteroatoms. The van der Waals surface area contributed by atoms with Crippen LogP contribution in [0.15, 0.2) is 42.6 Å². The number of carbonyl (C=O) groups excluding carboxylic acids is 2. The fraction of sp³-hybridized carbons (Fsp3) is 0.440. The maximum atomic E-state index is 13.6. The van der Waals surface area contributed by atoms with Crippen molar-refractivity contribution in [3.05, 3.63) is 48.2 Å². The van der Waals surface area contributed by atoms with E-state index >= 15 is 0 Å². The number of rotatable bonds is 7. The summed E-state index contributed by atoms with van der Waals surface area (Å²) < 4.78 is 1.83. The van der Waals surface area contributed by atoms with Gasteiger partial charge in [0.25, 0.3) is 5.91 Å². The number of piperazine rings is 1. The third-order valence-corrected chi connectivity index (χ3v) is 6.34. The van der Waals surface area contributed by atoms with Crippen molar-refractivity contribution in [2.24, 2.45) is 0 Å². The van der Waals surface area contributed by atoms with Crippen LogP contribution in [-0.4, -0.2) is 87.1 Å². The Morgan fingerprint density at radius 2 is 1.70 bits per heavy atom. The van der Waals surface area contributed by atoms with E-state index in [0.29, 0.717) is 44.8 Å². The van der Waals surface area contributed by atoms with Crippen molar-refractivity contribution in [2.45, 2.75) is 27.3 Å². The van der Waals surface area contributed by atoms with Crippen molar-refractivity contribution >= 4 is 22.8 Å². The molecule has 1 aromatic carbocycles. The molecule has 0 radical (unpaired) electrons. The van der Waals surface area contributed by atoms with Gasteiger partial charge in [-0.1, -0.05) is 30.3 Å². The third-order valence-electron chi connectivity index (χ3n) is 6.34. The highest BCUT2D eigenvalue weighted by molar-refractivity contribution is 6.06.